The lowest BCUT2D eigenvalue weighted by atomic mass is 9.97. The topological polar surface area (TPSA) is 58.6 Å². The van der Waals surface area contributed by atoms with Crippen LogP contribution in [0.25, 0.3) is 0 Å². The van der Waals surface area contributed by atoms with Crippen LogP contribution in [0, 0.1) is 5.92 Å². The number of benzene rings is 1. The summed E-state index contributed by atoms with van der Waals surface area (Å²) in [5.41, 5.74) is -0.511. The van der Waals surface area contributed by atoms with Gasteiger partial charge < -0.3 is 15.0 Å². The molecule has 1 aromatic carbocycles. The number of carbonyl (C=O) groups excluding carboxylic acids is 2. The van der Waals surface area contributed by atoms with Crippen molar-refractivity contribution in [3.05, 3.63) is 30.3 Å². The van der Waals surface area contributed by atoms with Crippen molar-refractivity contribution in [2.45, 2.75) is 50.5 Å². The molecule has 26 heavy (non-hydrogen) atoms. The largest absolute Gasteiger partial charge is 0.444 e. The summed E-state index contributed by atoms with van der Waals surface area (Å²) in [7, 11) is 0. The Hall–Kier alpha value is -1.69. The van der Waals surface area contributed by atoms with Crippen molar-refractivity contribution >= 4 is 23.8 Å². The van der Waals surface area contributed by atoms with Crippen molar-refractivity contribution < 1.29 is 14.3 Å². The zero-order chi connectivity index (χ0) is 19.0. The maximum Gasteiger partial charge on any atom is 0.410 e. The summed E-state index contributed by atoms with van der Waals surface area (Å²) in [6, 6.07) is 10.3. The van der Waals surface area contributed by atoms with Crippen LogP contribution in [-0.4, -0.2) is 47.9 Å². The highest BCUT2D eigenvalue weighted by atomic mass is 32.2. The van der Waals surface area contributed by atoms with Gasteiger partial charge >= 0.3 is 6.09 Å². The molecule has 2 rings (SSSR count). The number of nitrogens with one attached hydrogen (secondary N) is 1. The van der Waals surface area contributed by atoms with Crippen molar-refractivity contribution in [3.63, 3.8) is 0 Å². The number of nitrogens with zero attached hydrogens (tertiary/aromatic N) is 1. The van der Waals surface area contributed by atoms with Crippen LogP contribution in [0.2, 0.25) is 0 Å². The minimum atomic E-state index is -0.511. The highest BCUT2D eigenvalue weighted by molar-refractivity contribution is 7.99. The van der Waals surface area contributed by atoms with Crippen LogP contribution in [0.1, 0.15) is 40.0 Å². The SMILES string of the molecule is CC(C)(C)OC(=O)N1CCC[C@@H](C(=O)NCCCSc2ccccc2)C1. The third-order valence-electron chi connectivity index (χ3n) is 4.08. The third kappa shape index (κ3) is 7.28. The molecular weight excluding hydrogens is 348 g/mol. The molecule has 1 heterocycles. The van der Waals surface area contributed by atoms with Gasteiger partial charge in [-0.05, 0) is 57.9 Å². The maximum absolute atomic E-state index is 12.4. The highest BCUT2D eigenvalue weighted by Crippen LogP contribution is 2.20. The van der Waals surface area contributed by atoms with Crippen molar-refractivity contribution in [3.8, 4) is 0 Å². The minimum absolute atomic E-state index is 0.0444. The van der Waals surface area contributed by atoms with Crippen molar-refractivity contribution in [2.75, 3.05) is 25.4 Å². The van der Waals surface area contributed by atoms with Crippen LogP contribution < -0.4 is 5.32 Å². The van der Waals surface area contributed by atoms with Gasteiger partial charge in [0, 0.05) is 24.5 Å². The first-order valence-corrected chi connectivity index (χ1v) is 10.3. The Bertz CT molecular complexity index is 586. The fourth-order valence-corrected chi connectivity index (χ4v) is 3.69. The second-order valence-corrected chi connectivity index (χ2v) is 8.74. The minimum Gasteiger partial charge on any atom is -0.444 e. The maximum atomic E-state index is 12.4. The summed E-state index contributed by atoms with van der Waals surface area (Å²) in [6.45, 7) is 7.33. The number of piperidine rings is 1. The summed E-state index contributed by atoms with van der Waals surface area (Å²) in [4.78, 5) is 27.5. The number of likely N-dealkylation sites (tertiary alicyclic amines) is 1. The van der Waals surface area contributed by atoms with E-state index >= 15 is 0 Å². The summed E-state index contributed by atoms with van der Waals surface area (Å²) in [6.07, 6.45) is 2.26. The molecule has 1 saturated heterocycles. The van der Waals surface area contributed by atoms with E-state index in [1.54, 1.807) is 16.7 Å². The molecule has 0 spiro atoms. The number of hydrogen-bond donors (Lipinski definition) is 1. The van der Waals surface area contributed by atoms with Gasteiger partial charge in [0.2, 0.25) is 5.91 Å². The molecule has 1 atom stereocenters. The smallest absolute Gasteiger partial charge is 0.410 e. The van der Waals surface area contributed by atoms with E-state index in [1.807, 2.05) is 39.0 Å². The molecule has 1 N–H and O–H groups in total. The Balaban J connectivity index is 1.67. The van der Waals surface area contributed by atoms with Gasteiger partial charge in [-0.2, -0.15) is 0 Å². The first-order chi connectivity index (χ1) is 12.3. The lowest BCUT2D eigenvalue weighted by Crippen LogP contribution is -2.47. The van der Waals surface area contributed by atoms with E-state index in [4.69, 9.17) is 4.74 Å². The normalized spacial score (nSPS) is 17.7. The molecule has 0 radical (unpaired) electrons. The predicted molar refractivity (Wildman–Crippen MR) is 105 cm³/mol. The zero-order valence-electron chi connectivity index (χ0n) is 16.0. The lowest BCUT2D eigenvalue weighted by molar-refractivity contribution is -0.126. The molecule has 1 fully saturated rings. The van der Waals surface area contributed by atoms with Gasteiger partial charge in [-0.25, -0.2) is 4.79 Å². The first-order valence-electron chi connectivity index (χ1n) is 9.28. The number of carbonyl (C=O) groups is 2. The van der Waals surface area contributed by atoms with Gasteiger partial charge in [0.1, 0.15) is 5.60 Å². The van der Waals surface area contributed by atoms with Gasteiger partial charge in [0.05, 0.1) is 5.92 Å². The molecule has 5 nitrogen and oxygen atoms in total. The average Bonchev–Trinajstić information content (AvgIpc) is 2.61. The van der Waals surface area contributed by atoms with Gasteiger partial charge in [0.15, 0.2) is 0 Å². The number of amides is 2. The van der Waals surface area contributed by atoms with Gasteiger partial charge in [0.25, 0.3) is 0 Å². The molecule has 0 aliphatic carbocycles. The number of ether oxygens (including phenoxy) is 1. The van der Waals surface area contributed by atoms with E-state index in [0.717, 1.165) is 25.0 Å². The molecule has 1 aliphatic rings. The zero-order valence-corrected chi connectivity index (χ0v) is 16.8. The Morgan fingerprint density at radius 1 is 1.27 bits per heavy atom. The molecule has 1 aliphatic heterocycles. The molecular formula is C20H30N2O3S. The fraction of sp³-hybridized carbons (Fsp3) is 0.600. The number of thioether (sulfide) groups is 1. The van der Waals surface area contributed by atoms with Gasteiger partial charge in [-0.15, -0.1) is 11.8 Å². The standard InChI is InChI=1S/C20H30N2O3S/c1-20(2,3)25-19(24)22-13-7-9-16(15-22)18(23)21-12-8-14-26-17-10-5-4-6-11-17/h4-6,10-11,16H,7-9,12-15H2,1-3H3,(H,21,23)/t16-/m1/s1. The van der Waals surface area contributed by atoms with Crippen LogP contribution in [0.15, 0.2) is 35.2 Å². The van der Waals surface area contributed by atoms with Crippen molar-refractivity contribution in [1.29, 1.82) is 0 Å². The molecule has 0 bridgehead atoms. The summed E-state index contributed by atoms with van der Waals surface area (Å²) in [5, 5.41) is 3.02. The highest BCUT2D eigenvalue weighted by Gasteiger charge is 2.30. The molecule has 2 amide bonds. The van der Waals surface area contributed by atoms with E-state index in [1.165, 1.54) is 4.90 Å². The molecule has 0 unspecified atom stereocenters. The third-order valence-corrected chi connectivity index (χ3v) is 5.17. The van der Waals surface area contributed by atoms with E-state index in [2.05, 4.69) is 17.4 Å². The van der Waals surface area contributed by atoms with Crippen molar-refractivity contribution in [2.24, 2.45) is 5.92 Å². The van der Waals surface area contributed by atoms with Gasteiger partial charge in [-0.3, -0.25) is 4.79 Å². The van der Waals surface area contributed by atoms with Crippen LogP contribution in [0.4, 0.5) is 4.79 Å². The molecule has 144 valence electrons. The summed E-state index contributed by atoms with van der Waals surface area (Å²) < 4.78 is 5.41. The molecule has 1 aromatic rings. The van der Waals surface area contributed by atoms with E-state index in [-0.39, 0.29) is 17.9 Å². The summed E-state index contributed by atoms with van der Waals surface area (Å²) in [5.74, 6) is 0.875. The Morgan fingerprint density at radius 3 is 2.69 bits per heavy atom. The van der Waals surface area contributed by atoms with Crippen LogP contribution in [0.5, 0.6) is 0 Å². The Kier molecular flexibility index (Phi) is 7.82. The second kappa shape index (κ2) is 9.86. The Labute approximate surface area is 160 Å². The Morgan fingerprint density at radius 2 is 2.00 bits per heavy atom. The lowest BCUT2D eigenvalue weighted by Gasteiger charge is -2.33. The number of hydrogen-bond acceptors (Lipinski definition) is 4. The van der Waals surface area contributed by atoms with E-state index in [0.29, 0.717) is 19.6 Å². The number of rotatable bonds is 6. The van der Waals surface area contributed by atoms with Crippen LogP contribution in [0.3, 0.4) is 0 Å². The average molecular weight is 379 g/mol. The van der Waals surface area contributed by atoms with E-state index in [9.17, 15) is 9.59 Å². The fourth-order valence-electron chi connectivity index (χ4n) is 2.82. The van der Waals surface area contributed by atoms with Crippen molar-refractivity contribution in [1.82, 2.24) is 10.2 Å². The monoisotopic (exact) mass is 378 g/mol. The first kappa shape index (κ1) is 20.6. The molecule has 0 aromatic heterocycles. The molecule has 0 saturated carbocycles. The van der Waals surface area contributed by atoms with Crippen LogP contribution in [-0.2, 0) is 9.53 Å². The summed E-state index contributed by atoms with van der Waals surface area (Å²) >= 11 is 1.80. The predicted octanol–water partition coefficient (Wildman–Crippen LogP) is 3.93. The molecule has 6 heteroatoms. The van der Waals surface area contributed by atoms with Gasteiger partial charge in [-0.1, -0.05) is 18.2 Å². The van der Waals surface area contributed by atoms with E-state index < -0.39 is 5.60 Å². The quantitative estimate of drug-likeness (QED) is 0.602. The van der Waals surface area contributed by atoms with Crippen LogP contribution >= 0.6 is 11.8 Å². The second-order valence-electron chi connectivity index (χ2n) is 7.57.